The average Bonchev–Trinajstić information content (AvgIpc) is 2.56. The van der Waals surface area contributed by atoms with E-state index in [4.69, 9.17) is 4.74 Å². The lowest BCUT2D eigenvalue weighted by molar-refractivity contribution is -0.121. The number of carbonyl (C=O) groups excluding carboxylic acids is 1. The summed E-state index contributed by atoms with van der Waals surface area (Å²) in [6.45, 7) is 3.73. The number of benzene rings is 2. The number of hydrazone groups is 1. The zero-order valence-corrected chi connectivity index (χ0v) is 13.9. The molecule has 1 unspecified atom stereocenters. The molecule has 2 rings (SSSR count). The van der Waals surface area contributed by atoms with Gasteiger partial charge in [0.05, 0.1) is 13.3 Å². The van der Waals surface area contributed by atoms with Crippen LogP contribution in [0.1, 0.15) is 18.1 Å². The number of para-hydroxylation sites is 1. The fraction of sp³-hybridized carbons (Fsp3) is 0.222. The smallest absolute Gasteiger partial charge is 0.262 e. The molecule has 0 aliphatic carbocycles. The third-order valence-corrected chi connectivity index (χ3v) is 3.42. The minimum atomic E-state index is -0.456. The second-order valence-electron chi connectivity index (χ2n) is 5.37. The zero-order valence-electron chi connectivity index (χ0n) is 13.9. The fourth-order valence-electron chi connectivity index (χ4n) is 2.12. The standard InChI is InChI=1S/C18H21N3O3/c1-12-6-4-8-15(10-12)20-13(2)18(23)21-19-11-14-7-5-9-16(24-3)17(14)22/h4-11,13,20,22H,1-3H3,(H,21,23)/b19-11+. The molecule has 0 bridgehead atoms. The first kappa shape index (κ1) is 17.3. The van der Waals surface area contributed by atoms with Crippen LogP contribution in [0.2, 0.25) is 0 Å². The normalized spacial score (nSPS) is 12.0. The van der Waals surface area contributed by atoms with Crippen molar-refractivity contribution in [3.63, 3.8) is 0 Å². The molecule has 0 spiro atoms. The molecule has 0 fully saturated rings. The summed E-state index contributed by atoms with van der Waals surface area (Å²) in [4.78, 5) is 12.1. The Morgan fingerprint density at radius 1 is 1.29 bits per heavy atom. The molecule has 24 heavy (non-hydrogen) atoms. The number of rotatable bonds is 6. The molecule has 0 saturated heterocycles. The summed E-state index contributed by atoms with van der Waals surface area (Å²) in [6, 6.07) is 12.3. The number of methoxy groups -OCH3 is 1. The van der Waals surface area contributed by atoms with E-state index in [0.717, 1.165) is 11.3 Å². The molecule has 0 radical (unpaired) electrons. The van der Waals surface area contributed by atoms with E-state index in [9.17, 15) is 9.90 Å². The summed E-state index contributed by atoms with van der Waals surface area (Å²) in [6.07, 6.45) is 1.37. The molecule has 0 saturated carbocycles. The number of phenolic OH excluding ortho intramolecular Hbond substituents is 1. The van der Waals surface area contributed by atoms with Crippen LogP contribution in [0.4, 0.5) is 5.69 Å². The SMILES string of the molecule is COc1cccc(/C=N/NC(=O)C(C)Nc2cccc(C)c2)c1O. The minimum absolute atomic E-state index is 0.0241. The first-order valence-corrected chi connectivity index (χ1v) is 7.53. The van der Waals surface area contributed by atoms with Crippen LogP contribution in [0.15, 0.2) is 47.6 Å². The van der Waals surface area contributed by atoms with Crippen molar-refractivity contribution in [3.8, 4) is 11.5 Å². The van der Waals surface area contributed by atoms with E-state index in [2.05, 4.69) is 15.8 Å². The maximum Gasteiger partial charge on any atom is 0.262 e. The molecule has 3 N–H and O–H groups in total. The van der Waals surface area contributed by atoms with E-state index in [1.54, 1.807) is 25.1 Å². The van der Waals surface area contributed by atoms with Gasteiger partial charge in [-0.2, -0.15) is 5.10 Å². The average molecular weight is 327 g/mol. The number of aryl methyl sites for hydroxylation is 1. The van der Waals surface area contributed by atoms with Gasteiger partial charge in [-0.25, -0.2) is 5.43 Å². The predicted molar refractivity (Wildman–Crippen MR) is 94.7 cm³/mol. The fourth-order valence-corrected chi connectivity index (χ4v) is 2.12. The molecule has 0 aliphatic rings. The van der Waals surface area contributed by atoms with Gasteiger partial charge in [0.15, 0.2) is 11.5 Å². The number of nitrogens with zero attached hydrogens (tertiary/aromatic N) is 1. The molecule has 6 heteroatoms. The zero-order chi connectivity index (χ0) is 17.5. The number of aromatic hydroxyl groups is 1. The number of hydrogen-bond acceptors (Lipinski definition) is 5. The van der Waals surface area contributed by atoms with E-state index >= 15 is 0 Å². The van der Waals surface area contributed by atoms with Gasteiger partial charge in [0, 0.05) is 11.3 Å². The lowest BCUT2D eigenvalue weighted by Crippen LogP contribution is -2.34. The van der Waals surface area contributed by atoms with E-state index in [1.807, 2.05) is 31.2 Å². The molecule has 0 heterocycles. The van der Waals surface area contributed by atoms with Crippen molar-refractivity contribution in [2.75, 3.05) is 12.4 Å². The summed E-state index contributed by atoms with van der Waals surface area (Å²) >= 11 is 0. The molecule has 2 aromatic rings. The molecule has 1 atom stereocenters. The third-order valence-electron chi connectivity index (χ3n) is 3.42. The molecule has 0 aliphatic heterocycles. The van der Waals surface area contributed by atoms with E-state index in [0.29, 0.717) is 11.3 Å². The van der Waals surface area contributed by atoms with Gasteiger partial charge in [0.1, 0.15) is 6.04 Å². The van der Waals surface area contributed by atoms with Gasteiger partial charge in [0.2, 0.25) is 0 Å². The predicted octanol–water partition coefficient (Wildman–Crippen LogP) is 2.66. The summed E-state index contributed by atoms with van der Waals surface area (Å²) in [7, 11) is 1.47. The van der Waals surface area contributed by atoms with Crippen LogP contribution >= 0.6 is 0 Å². The van der Waals surface area contributed by atoms with E-state index < -0.39 is 6.04 Å². The van der Waals surface area contributed by atoms with E-state index in [1.165, 1.54) is 13.3 Å². The highest BCUT2D eigenvalue weighted by atomic mass is 16.5. The van der Waals surface area contributed by atoms with Crippen LogP contribution in [0.5, 0.6) is 11.5 Å². The van der Waals surface area contributed by atoms with Crippen molar-refractivity contribution in [1.82, 2.24) is 5.43 Å². The topological polar surface area (TPSA) is 83.0 Å². The van der Waals surface area contributed by atoms with Crippen LogP contribution in [0, 0.1) is 6.92 Å². The van der Waals surface area contributed by atoms with Gasteiger partial charge in [-0.15, -0.1) is 0 Å². The van der Waals surface area contributed by atoms with Gasteiger partial charge in [-0.05, 0) is 43.7 Å². The van der Waals surface area contributed by atoms with Crippen LogP contribution in [0.25, 0.3) is 0 Å². The summed E-state index contributed by atoms with van der Waals surface area (Å²) in [5.74, 6) is 0.0406. The quantitative estimate of drug-likeness (QED) is 0.563. The number of hydrogen-bond donors (Lipinski definition) is 3. The summed E-state index contributed by atoms with van der Waals surface area (Å²) < 4.78 is 5.02. The van der Waals surface area contributed by atoms with Gasteiger partial charge in [0.25, 0.3) is 5.91 Å². The molecule has 1 amide bonds. The van der Waals surface area contributed by atoms with Crippen molar-refractivity contribution in [3.05, 3.63) is 53.6 Å². The number of anilines is 1. The summed E-state index contributed by atoms with van der Waals surface area (Å²) in [5, 5.41) is 16.9. The highest BCUT2D eigenvalue weighted by Gasteiger charge is 2.12. The molecular formula is C18H21N3O3. The minimum Gasteiger partial charge on any atom is -0.504 e. The molecule has 2 aromatic carbocycles. The van der Waals surface area contributed by atoms with E-state index in [-0.39, 0.29) is 11.7 Å². The Labute approximate surface area is 141 Å². The number of carbonyl (C=O) groups is 1. The van der Waals surface area contributed by atoms with Crippen molar-refractivity contribution < 1.29 is 14.6 Å². The Hall–Kier alpha value is -3.02. The number of amides is 1. The van der Waals surface area contributed by atoms with Crippen LogP contribution in [-0.2, 0) is 4.79 Å². The van der Waals surface area contributed by atoms with Crippen LogP contribution in [-0.4, -0.2) is 30.4 Å². The Balaban J connectivity index is 1.95. The Bertz CT molecular complexity index is 744. The Morgan fingerprint density at radius 2 is 2.04 bits per heavy atom. The van der Waals surface area contributed by atoms with Crippen molar-refractivity contribution >= 4 is 17.8 Å². The molecular weight excluding hydrogens is 306 g/mol. The second-order valence-corrected chi connectivity index (χ2v) is 5.37. The number of ether oxygens (including phenoxy) is 1. The summed E-state index contributed by atoms with van der Waals surface area (Å²) in [5.41, 5.74) is 4.88. The second kappa shape index (κ2) is 8.01. The number of phenols is 1. The van der Waals surface area contributed by atoms with Gasteiger partial charge in [-0.3, -0.25) is 4.79 Å². The van der Waals surface area contributed by atoms with Crippen LogP contribution < -0.4 is 15.5 Å². The highest BCUT2D eigenvalue weighted by molar-refractivity contribution is 5.88. The first-order valence-electron chi connectivity index (χ1n) is 7.53. The highest BCUT2D eigenvalue weighted by Crippen LogP contribution is 2.27. The molecule has 0 aromatic heterocycles. The third kappa shape index (κ3) is 4.49. The van der Waals surface area contributed by atoms with Crippen molar-refractivity contribution in [1.29, 1.82) is 0 Å². The molecule has 6 nitrogen and oxygen atoms in total. The number of nitrogens with one attached hydrogen (secondary N) is 2. The largest absolute Gasteiger partial charge is 0.504 e. The Morgan fingerprint density at radius 3 is 2.75 bits per heavy atom. The van der Waals surface area contributed by atoms with Crippen LogP contribution in [0.3, 0.4) is 0 Å². The lowest BCUT2D eigenvalue weighted by Gasteiger charge is -2.13. The van der Waals surface area contributed by atoms with Gasteiger partial charge in [-0.1, -0.05) is 18.2 Å². The van der Waals surface area contributed by atoms with Gasteiger partial charge >= 0.3 is 0 Å². The lowest BCUT2D eigenvalue weighted by atomic mass is 10.2. The maximum atomic E-state index is 12.1. The van der Waals surface area contributed by atoms with Crippen molar-refractivity contribution in [2.45, 2.75) is 19.9 Å². The monoisotopic (exact) mass is 327 g/mol. The van der Waals surface area contributed by atoms with Gasteiger partial charge < -0.3 is 15.2 Å². The Kier molecular flexibility index (Phi) is 5.78. The van der Waals surface area contributed by atoms with Crippen molar-refractivity contribution in [2.24, 2.45) is 5.10 Å². The molecule has 126 valence electrons. The maximum absolute atomic E-state index is 12.1. The first-order chi connectivity index (χ1) is 11.5.